The lowest BCUT2D eigenvalue weighted by Crippen LogP contribution is -2.32. The number of hydrogen-bond donors (Lipinski definition) is 1. The van der Waals surface area contributed by atoms with Gasteiger partial charge in [0.15, 0.2) is 0 Å². The largest absolute Gasteiger partial charge is 0.329 e. The zero-order valence-electron chi connectivity index (χ0n) is 6.49. The molecule has 0 bridgehead atoms. The molecule has 1 aliphatic heterocycles. The number of nitrogens with two attached hydrogens (primary N) is 1. The molecule has 1 saturated heterocycles. The molecule has 1 fully saturated rings. The topological polar surface area (TPSA) is 63.4 Å². The molecule has 5 heteroatoms. The van der Waals surface area contributed by atoms with E-state index in [1.165, 1.54) is 4.31 Å². The molecular formula is C6H14N2O2S. The predicted molar refractivity (Wildman–Crippen MR) is 43.6 cm³/mol. The van der Waals surface area contributed by atoms with E-state index in [1.54, 1.807) is 0 Å². The van der Waals surface area contributed by atoms with Crippen LogP contribution >= 0.6 is 0 Å². The molecule has 0 aliphatic carbocycles. The van der Waals surface area contributed by atoms with Crippen molar-refractivity contribution in [1.29, 1.82) is 0 Å². The summed E-state index contributed by atoms with van der Waals surface area (Å²) in [6.07, 6.45) is 1.98. The third kappa shape index (κ3) is 2.15. The number of hydrogen-bond acceptors (Lipinski definition) is 3. The lowest BCUT2D eigenvalue weighted by molar-refractivity contribution is 0.477. The monoisotopic (exact) mass is 178 g/mol. The average Bonchev–Trinajstić information content (AvgIpc) is 2.37. The molecule has 0 saturated carbocycles. The average molecular weight is 178 g/mol. The van der Waals surface area contributed by atoms with Gasteiger partial charge in [0.05, 0.1) is 5.75 Å². The summed E-state index contributed by atoms with van der Waals surface area (Å²) in [5.41, 5.74) is 5.18. The van der Waals surface area contributed by atoms with Crippen molar-refractivity contribution in [2.75, 3.05) is 25.4 Å². The van der Waals surface area contributed by atoms with Gasteiger partial charge in [-0.25, -0.2) is 12.7 Å². The van der Waals surface area contributed by atoms with Crippen LogP contribution in [-0.2, 0) is 10.0 Å². The summed E-state index contributed by atoms with van der Waals surface area (Å²) < 4.78 is 24.1. The van der Waals surface area contributed by atoms with E-state index in [-0.39, 0.29) is 12.3 Å². The van der Waals surface area contributed by atoms with Crippen molar-refractivity contribution >= 4 is 10.0 Å². The Balaban J connectivity index is 2.56. The summed E-state index contributed by atoms with van der Waals surface area (Å²) in [5.74, 6) is 0.0903. The Bertz CT molecular complexity index is 207. The fourth-order valence-electron chi connectivity index (χ4n) is 1.24. The van der Waals surface area contributed by atoms with E-state index >= 15 is 0 Å². The summed E-state index contributed by atoms with van der Waals surface area (Å²) in [6, 6.07) is 0. The van der Waals surface area contributed by atoms with Gasteiger partial charge in [-0.1, -0.05) is 0 Å². The van der Waals surface area contributed by atoms with Gasteiger partial charge in [-0.15, -0.1) is 0 Å². The Labute approximate surface area is 67.4 Å². The number of sulfonamides is 1. The van der Waals surface area contributed by atoms with E-state index in [4.69, 9.17) is 5.73 Å². The first-order valence-electron chi connectivity index (χ1n) is 3.85. The highest BCUT2D eigenvalue weighted by Crippen LogP contribution is 2.12. The van der Waals surface area contributed by atoms with Crippen LogP contribution in [0.3, 0.4) is 0 Å². The minimum atomic E-state index is -3.00. The Morgan fingerprint density at radius 1 is 1.27 bits per heavy atom. The number of nitrogens with zero attached hydrogens (tertiary/aromatic N) is 1. The molecule has 0 atom stereocenters. The van der Waals surface area contributed by atoms with Crippen LogP contribution in [0.5, 0.6) is 0 Å². The lowest BCUT2D eigenvalue weighted by Gasteiger charge is -2.13. The van der Waals surface area contributed by atoms with Crippen LogP contribution in [0.4, 0.5) is 0 Å². The first kappa shape index (κ1) is 8.96. The molecule has 1 rings (SSSR count). The van der Waals surface area contributed by atoms with Crippen LogP contribution in [0.25, 0.3) is 0 Å². The van der Waals surface area contributed by atoms with Gasteiger partial charge in [-0.05, 0) is 12.8 Å². The molecular weight excluding hydrogens is 164 g/mol. The minimum absolute atomic E-state index is 0.0903. The molecule has 4 nitrogen and oxygen atoms in total. The maximum atomic E-state index is 11.3. The van der Waals surface area contributed by atoms with Gasteiger partial charge >= 0.3 is 0 Å². The van der Waals surface area contributed by atoms with Crippen molar-refractivity contribution in [3.05, 3.63) is 0 Å². The Morgan fingerprint density at radius 2 is 1.82 bits per heavy atom. The Hall–Kier alpha value is -0.130. The second kappa shape index (κ2) is 3.51. The van der Waals surface area contributed by atoms with E-state index in [0.29, 0.717) is 13.1 Å². The van der Waals surface area contributed by atoms with E-state index in [2.05, 4.69) is 0 Å². The highest BCUT2D eigenvalue weighted by molar-refractivity contribution is 7.89. The van der Waals surface area contributed by atoms with E-state index in [0.717, 1.165) is 12.8 Å². The quantitative estimate of drug-likeness (QED) is 0.626. The van der Waals surface area contributed by atoms with Crippen LogP contribution in [0, 0.1) is 0 Å². The van der Waals surface area contributed by atoms with Crippen LogP contribution in [0.15, 0.2) is 0 Å². The minimum Gasteiger partial charge on any atom is -0.329 e. The first-order chi connectivity index (χ1) is 5.17. The van der Waals surface area contributed by atoms with E-state index < -0.39 is 10.0 Å². The van der Waals surface area contributed by atoms with Gasteiger partial charge in [0.25, 0.3) is 0 Å². The first-order valence-corrected chi connectivity index (χ1v) is 5.45. The van der Waals surface area contributed by atoms with Gasteiger partial charge < -0.3 is 5.73 Å². The summed E-state index contributed by atoms with van der Waals surface area (Å²) >= 11 is 0. The van der Waals surface area contributed by atoms with Crippen molar-refractivity contribution in [3.8, 4) is 0 Å². The fraction of sp³-hybridized carbons (Fsp3) is 1.00. The Kier molecular flexibility index (Phi) is 2.86. The van der Waals surface area contributed by atoms with Gasteiger partial charge in [-0.2, -0.15) is 0 Å². The number of rotatable bonds is 3. The van der Waals surface area contributed by atoms with Gasteiger partial charge in [0.1, 0.15) is 0 Å². The highest BCUT2D eigenvalue weighted by Gasteiger charge is 2.23. The zero-order valence-corrected chi connectivity index (χ0v) is 7.31. The van der Waals surface area contributed by atoms with Crippen molar-refractivity contribution in [2.24, 2.45) is 5.73 Å². The molecule has 0 radical (unpaired) electrons. The standard InChI is InChI=1S/C6H14N2O2S/c7-3-6-11(9,10)8-4-1-2-5-8/h1-7H2. The molecule has 11 heavy (non-hydrogen) atoms. The summed E-state index contributed by atoms with van der Waals surface area (Å²) in [5, 5.41) is 0. The highest BCUT2D eigenvalue weighted by atomic mass is 32.2. The smallest absolute Gasteiger partial charge is 0.215 e. The molecule has 0 aromatic carbocycles. The third-order valence-electron chi connectivity index (χ3n) is 1.83. The van der Waals surface area contributed by atoms with Crippen molar-refractivity contribution in [2.45, 2.75) is 12.8 Å². The Morgan fingerprint density at radius 3 is 2.27 bits per heavy atom. The maximum absolute atomic E-state index is 11.3. The van der Waals surface area contributed by atoms with Crippen LogP contribution in [-0.4, -0.2) is 38.1 Å². The maximum Gasteiger partial charge on any atom is 0.215 e. The van der Waals surface area contributed by atoms with Gasteiger partial charge in [-0.3, -0.25) is 0 Å². The van der Waals surface area contributed by atoms with Gasteiger partial charge in [0.2, 0.25) is 10.0 Å². The van der Waals surface area contributed by atoms with Crippen LogP contribution in [0.1, 0.15) is 12.8 Å². The van der Waals surface area contributed by atoms with Crippen molar-refractivity contribution < 1.29 is 8.42 Å². The molecule has 1 heterocycles. The van der Waals surface area contributed by atoms with Gasteiger partial charge in [0, 0.05) is 19.6 Å². The molecule has 0 amide bonds. The predicted octanol–water partition coefficient (Wildman–Crippen LogP) is -0.629. The molecule has 0 aromatic rings. The molecule has 2 N–H and O–H groups in total. The van der Waals surface area contributed by atoms with Crippen LogP contribution in [0.2, 0.25) is 0 Å². The summed E-state index contributed by atoms with van der Waals surface area (Å²) in [6.45, 7) is 1.59. The zero-order chi connectivity index (χ0) is 8.32. The summed E-state index contributed by atoms with van der Waals surface area (Å²) in [7, 11) is -3.00. The van der Waals surface area contributed by atoms with Crippen molar-refractivity contribution in [1.82, 2.24) is 4.31 Å². The van der Waals surface area contributed by atoms with Crippen molar-refractivity contribution in [3.63, 3.8) is 0 Å². The lowest BCUT2D eigenvalue weighted by atomic mass is 10.4. The van der Waals surface area contributed by atoms with E-state index in [1.807, 2.05) is 0 Å². The third-order valence-corrected chi connectivity index (χ3v) is 3.74. The fourth-order valence-corrected chi connectivity index (χ4v) is 2.61. The van der Waals surface area contributed by atoms with Crippen LogP contribution < -0.4 is 5.73 Å². The molecule has 0 aromatic heterocycles. The molecule has 66 valence electrons. The second-order valence-electron chi connectivity index (χ2n) is 2.71. The summed E-state index contributed by atoms with van der Waals surface area (Å²) in [4.78, 5) is 0. The second-order valence-corrected chi connectivity index (χ2v) is 4.80. The molecule has 1 aliphatic rings. The van der Waals surface area contributed by atoms with E-state index in [9.17, 15) is 8.42 Å². The normalized spacial score (nSPS) is 20.8. The SMILES string of the molecule is NCCS(=O)(=O)N1CCCC1. The molecule has 0 spiro atoms. The molecule has 0 unspecified atom stereocenters.